The number of carbonyl (C=O) groups excluding carboxylic acids is 1. The van der Waals surface area contributed by atoms with E-state index in [2.05, 4.69) is 90.7 Å². The molecule has 2 unspecified atom stereocenters. The highest BCUT2D eigenvalue weighted by atomic mass is 32.1. The Kier molecular flexibility index (Phi) is 11.1. The van der Waals surface area contributed by atoms with Crippen LogP contribution in [-0.2, 0) is 14.9 Å². The molecule has 2 atom stereocenters. The second kappa shape index (κ2) is 13.3. The molecule has 1 amide bonds. The summed E-state index contributed by atoms with van der Waals surface area (Å²) in [5.41, 5.74) is 2.60. The minimum Gasteiger partial charge on any atom is -0.428 e. The Morgan fingerprint density at radius 3 is 2.18 bits per heavy atom. The quantitative estimate of drug-likeness (QED) is 0.240. The van der Waals surface area contributed by atoms with Crippen molar-refractivity contribution in [1.29, 1.82) is 0 Å². The number of hydrogen-bond donors (Lipinski definition) is 2. The van der Waals surface area contributed by atoms with Gasteiger partial charge in [-0.1, -0.05) is 77.9 Å². The number of nitrogens with one attached hydrogen (secondary N) is 1. The molecule has 0 bridgehead atoms. The number of nitrogens with zero attached hydrogens (tertiary/aromatic N) is 1. The lowest BCUT2D eigenvalue weighted by Gasteiger charge is -2.43. The van der Waals surface area contributed by atoms with Crippen molar-refractivity contribution < 1.29 is 9.45 Å². The van der Waals surface area contributed by atoms with Gasteiger partial charge in [-0.15, -0.1) is 0 Å². The highest BCUT2D eigenvalue weighted by Crippen LogP contribution is 2.50. The van der Waals surface area contributed by atoms with Gasteiger partial charge in [0, 0.05) is 16.5 Å². The molecule has 1 N–H and O–H groups in total. The first-order valence-corrected chi connectivity index (χ1v) is 16.2. The van der Waals surface area contributed by atoms with E-state index in [4.69, 9.17) is 17.3 Å². The molecule has 4 nitrogen and oxygen atoms in total. The van der Waals surface area contributed by atoms with E-state index in [-0.39, 0.29) is 10.2 Å². The normalized spacial score (nSPS) is 23.9. The van der Waals surface area contributed by atoms with Gasteiger partial charge in [0.1, 0.15) is 0 Å². The van der Waals surface area contributed by atoms with Crippen molar-refractivity contribution in [3.63, 3.8) is 0 Å². The van der Waals surface area contributed by atoms with E-state index in [1.165, 1.54) is 31.2 Å². The summed E-state index contributed by atoms with van der Waals surface area (Å²) in [5.74, 6) is 2.94. The predicted octanol–water partition coefficient (Wildman–Crippen LogP) is 7.06. The molecule has 1 aromatic carbocycles. The van der Waals surface area contributed by atoms with Gasteiger partial charge in [-0.3, -0.25) is 4.79 Å². The molecular formula is C33H56BN2O2S. The maximum atomic E-state index is 13.8. The third-order valence-corrected chi connectivity index (χ3v) is 10.9. The molecule has 4 rings (SSSR count). The van der Waals surface area contributed by atoms with Crippen LogP contribution in [0.4, 0.5) is 5.69 Å². The fourth-order valence-electron chi connectivity index (χ4n) is 6.10. The Morgan fingerprint density at radius 1 is 1.08 bits per heavy atom. The van der Waals surface area contributed by atoms with Crippen LogP contribution in [0.2, 0.25) is 0 Å². The largest absolute Gasteiger partial charge is 0.428 e. The molecule has 1 saturated carbocycles. The summed E-state index contributed by atoms with van der Waals surface area (Å²) in [6.07, 6.45) is 9.21. The van der Waals surface area contributed by atoms with Gasteiger partial charge in [0.2, 0.25) is 5.91 Å². The van der Waals surface area contributed by atoms with Crippen molar-refractivity contribution in [3.05, 3.63) is 23.8 Å². The lowest BCUT2D eigenvalue weighted by molar-refractivity contribution is -0.125. The van der Waals surface area contributed by atoms with Gasteiger partial charge in [-0.2, -0.15) is 12.6 Å². The zero-order valence-electron chi connectivity index (χ0n) is 26.4. The minimum atomic E-state index is -0.414. The maximum absolute atomic E-state index is 13.8. The molecule has 39 heavy (non-hydrogen) atoms. The standard InChI is InChI=1S/C25H38BN2O2S.C8H18/c1-6-7-17-14-19(15-17)28-21-16-18(26-30-23(2,3)24(4,5)31)8-9-20(21)25(22(28)29)10-12-27-13-11-25;1-5-7(3)8(4)6-2/h8-9,16-17,19,27,31H,6-7,10-15H2,1-5H3;7-8H,5-6H2,1-4H3. The number of benzene rings is 1. The molecular weight excluding hydrogens is 499 g/mol. The molecule has 2 fully saturated rings. The van der Waals surface area contributed by atoms with E-state index < -0.39 is 5.60 Å². The average molecular weight is 556 g/mol. The molecule has 3 aliphatic rings. The number of carbonyl (C=O) groups is 1. The van der Waals surface area contributed by atoms with Gasteiger partial charge in [0.25, 0.3) is 0 Å². The van der Waals surface area contributed by atoms with Gasteiger partial charge >= 0.3 is 7.48 Å². The zero-order chi connectivity index (χ0) is 29.0. The smallest absolute Gasteiger partial charge is 0.330 e. The number of amides is 1. The molecule has 2 heterocycles. The van der Waals surface area contributed by atoms with Crippen molar-refractivity contribution >= 4 is 37.2 Å². The second-order valence-corrected chi connectivity index (χ2v) is 14.8. The van der Waals surface area contributed by atoms with Crippen molar-refractivity contribution in [2.75, 3.05) is 18.0 Å². The summed E-state index contributed by atoms with van der Waals surface area (Å²) in [5, 5.41) is 3.44. The summed E-state index contributed by atoms with van der Waals surface area (Å²) in [4.78, 5) is 16.0. The van der Waals surface area contributed by atoms with Crippen LogP contribution in [0.5, 0.6) is 0 Å². The van der Waals surface area contributed by atoms with E-state index in [1.807, 2.05) is 7.48 Å². The van der Waals surface area contributed by atoms with E-state index in [9.17, 15) is 4.79 Å². The van der Waals surface area contributed by atoms with E-state index in [0.717, 1.165) is 67.7 Å². The molecule has 0 aromatic heterocycles. The first kappa shape index (κ1) is 32.5. The molecule has 1 radical (unpaired) electrons. The summed E-state index contributed by atoms with van der Waals surface area (Å²) in [7, 11) is 1.84. The Morgan fingerprint density at radius 2 is 1.67 bits per heavy atom. The first-order chi connectivity index (χ1) is 18.3. The van der Waals surface area contributed by atoms with Crippen molar-refractivity contribution in [1.82, 2.24) is 5.32 Å². The monoisotopic (exact) mass is 555 g/mol. The van der Waals surface area contributed by atoms with E-state index >= 15 is 0 Å². The molecule has 219 valence electrons. The summed E-state index contributed by atoms with van der Waals surface area (Å²) < 4.78 is 5.90. The average Bonchev–Trinajstić information content (AvgIpc) is 3.10. The fraction of sp³-hybridized carbons (Fsp3) is 0.788. The highest BCUT2D eigenvalue weighted by molar-refractivity contribution is 7.81. The Labute approximate surface area is 246 Å². The molecule has 1 aromatic rings. The summed E-state index contributed by atoms with van der Waals surface area (Å²) in [6, 6.07) is 6.83. The van der Waals surface area contributed by atoms with Crippen LogP contribution >= 0.6 is 12.6 Å². The summed E-state index contributed by atoms with van der Waals surface area (Å²) in [6.45, 7) is 21.5. The molecule has 1 spiro atoms. The predicted molar refractivity (Wildman–Crippen MR) is 172 cm³/mol. The number of fused-ring (bicyclic) bond motifs is 2. The van der Waals surface area contributed by atoms with Gasteiger partial charge in [-0.25, -0.2) is 0 Å². The highest BCUT2D eigenvalue weighted by Gasteiger charge is 2.54. The van der Waals surface area contributed by atoms with Crippen LogP contribution < -0.4 is 15.7 Å². The van der Waals surface area contributed by atoms with Gasteiger partial charge in [-0.05, 0) is 95.9 Å². The molecule has 6 heteroatoms. The number of rotatable bonds is 10. The number of hydrogen-bond acceptors (Lipinski definition) is 4. The lowest BCUT2D eigenvalue weighted by Crippen LogP contribution is -2.53. The van der Waals surface area contributed by atoms with Gasteiger partial charge in [0.05, 0.1) is 11.0 Å². The maximum Gasteiger partial charge on any atom is 0.330 e. The second-order valence-electron chi connectivity index (χ2n) is 13.6. The Bertz CT molecular complexity index is 940. The molecule has 2 aliphatic heterocycles. The van der Waals surface area contributed by atoms with Crippen LogP contribution in [0.25, 0.3) is 0 Å². The van der Waals surface area contributed by atoms with Crippen LogP contribution in [0.1, 0.15) is 119 Å². The van der Waals surface area contributed by atoms with Crippen molar-refractivity contribution in [2.45, 2.75) is 135 Å². The van der Waals surface area contributed by atoms with Crippen LogP contribution in [0.15, 0.2) is 18.2 Å². The van der Waals surface area contributed by atoms with Gasteiger partial charge < -0.3 is 14.9 Å². The van der Waals surface area contributed by atoms with Crippen molar-refractivity contribution in [2.24, 2.45) is 17.8 Å². The Hall–Kier alpha value is -0.975. The number of piperidine rings is 1. The summed E-state index contributed by atoms with van der Waals surface area (Å²) >= 11 is 4.71. The van der Waals surface area contributed by atoms with Crippen molar-refractivity contribution in [3.8, 4) is 0 Å². The van der Waals surface area contributed by atoms with Crippen LogP contribution in [-0.4, -0.2) is 42.9 Å². The number of thiol groups is 1. The van der Waals surface area contributed by atoms with Crippen LogP contribution in [0, 0.1) is 17.8 Å². The molecule has 1 aliphatic carbocycles. The topological polar surface area (TPSA) is 41.6 Å². The molecule has 1 saturated heterocycles. The van der Waals surface area contributed by atoms with Gasteiger partial charge in [0.15, 0.2) is 0 Å². The minimum absolute atomic E-state index is 0.276. The fourth-order valence-corrected chi connectivity index (χ4v) is 6.15. The Balaban J connectivity index is 0.000000459. The third kappa shape index (κ3) is 7.09. The number of anilines is 1. The van der Waals surface area contributed by atoms with E-state index in [0.29, 0.717) is 11.9 Å². The SMILES string of the molecule is CCC(C)C(C)CC.CCCC1CC(N2C(=O)C3(CCNCC3)c3ccc([B]OC(C)(C)C(C)(C)S)cc32)C1. The van der Waals surface area contributed by atoms with E-state index in [1.54, 1.807) is 0 Å². The zero-order valence-corrected chi connectivity index (χ0v) is 27.3. The first-order valence-electron chi connectivity index (χ1n) is 15.7. The third-order valence-electron chi connectivity index (χ3n) is 10.4. The lowest BCUT2D eigenvalue weighted by atomic mass is 9.73. The van der Waals surface area contributed by atoms with Crippen LogP contribution in [0.3, 0.4) is 0 Å².